The van der Waals surface area contributed by atoms with Crippen LogP contribution in [0.5, 0.6) is 0 Å². The molecule has 0 spiro atoms. The zero-order valence-electron chi connectivity index (χ0n) is 9.10. The summed E-state index contributed by atoms with van der Waals surface area (Å²) in [5, 5.41) is 3.61. The van der Waals surface area contributed by atoms with Crippen LogP contribution < -0.4 is 5.73 Å². The minimum atomic E-state index is -0.635. The highest BCUT2D eigenvalue weighted by Gasteiger charge is 2.20. The van der Waals surface area contributed by atoms with Crippen molar-refractivity contribution in [1.82, 2.24) is 4.98 Å². The van der Waals surface area contributed by atoms with Crippen LogP contribution in [-0.2, 0) is 14.4 Å². The van der Waals surface area contributed by atoms with Crippen molar-refractivity contribution in [3.8, 4) is 0 Å². The number of esters is 1. The highest BCUT2D eigenvalue weighted by Crippen LogP contribution is 2.06. The lowest BCUT2D eigenvalue weighted by atomic mass is 10.3. The summed E-state index contributed by atoms with van der Waals surface area (Å²) in [6, 6.07) is -0.0523. The molecule has 7 heteroatoms. The Labute approximate surface area is 92.2 Å². The number of hydrogen-bond donors (Lipinski definition) is 1. The van der Waals surface area contributed by atoms with Crippen LogP contribution >= 0.6 is 0 Å². The molecular formula is C9H13N3O4. The van der Waals surface area contributed by atoms with Crippen LogP contribution in [0.2, 0.25) is 0 Å². The molecule has 0 aliphatic heterocycles. The first-order chi connectivity index (χ1) is 7.69. The van der Waals surface area contributed by atoms with Gasteiger partial charge in [0.05, 0.1) is 6.61 Å². The van der Waals surface area contributed by atoms with E-state index in [0.717, 1.165) is 0 Å². The van der Waals surface area contributed by atoms with Crippen molar-refractivity contribution in [3.05, 3.63) is 12.0 Å². The summed E-state index contributed by atoms with van der Waals surface area (Å²) in [6.45, 7) is 3.99. The van der Waals surface area contributed by atoms with Crippen molar-refractivity contribution in [2.45, 2.75) is 13.8 Å². The van der Waals surface area contributed by atoms with Crippen molar-refractivity contribution in [3.63, 3.8) is 0 Å². The van der Waals surface area contributed by atoms with E-state index in [-0.39, 0.29) is 24.0 Å². The molecule has 0 atom stereocenters. The van der Waals surface area contributed by atoms with Gasteiger partial charge < -0.3 is 19.7 Å². The molecule has 0 amide bonds. The van der Waals surface area contributed by atoms with Gasteiger partial charge >= 0.3 is 5.97 Å². The lowest BCUT2D eigenvalue weighted by molar-refractivity contribution is -0.135. The van der Waals surface area contributed by atoms with Crippen LogP contribution in [0.25, 0.3) is 0 Å². The van der Waals surface area contributed by atoms with E-state index >= 15 is 0 Å². The van der Waals surface area contributed by atoms with Crippen molar-refractivity contribution in [2.24, 2.45) is 5.16 Å². The van der Waals surface area contributed by atoms with E-state index in [2.05, 4.69) is 10.1 Å². The van der Waals surface area contributed by atoms with E-state index in [1.807, 2.05) is 0 Å². The summed E-state index contributed by atoms with van der Waals surface area (Å²) in [6.07, 6.45) is 1.21. The number of carbonyl (C=O) groups is 1. The van der Waals surface area contributed by atoms with E-state index in [1.165, 1.54) is 6.26 Å². The smallest absolute Gasteiger partial charge is 0.362 e. The predicted molar refractivity (Wildman–Crippen MR) is 55.7 cm³/mol. The maximum Gasteiger partial charge on any atom is 0.362 e. The molecular weight excluding hydrogens is 214 g/mol. The molecule has 0 unspecified atom stereocenters. The number of nitrogens with two attached hydrogens (primary N) is 1. The van der Waals surface area contributed by atoms with Crippen molar-refractivity contribution in [1.29, 1.82) is 0 Å². The first-order valence-corrected chi connectivity index (χ1v) is 4.77. The van der Waals surface area contributed by atoms with E-state index in [0.29, 0.717) is 6.61 Å². The molecule has 16 heavy (non-hydrogen) atoms. The van der Waals surface area contributed by atoms with Gasteiger partial charge in [-0.1, -0.05) is 5.16 Å². The van der Waals surface area contributed by atoms with E-state index in [1.54, 1.807) is 13.8 Å². The minimum absolute atomic E-state index is 0.0523. The second-order valence-electron chi connectivity index (χ2n) is 2.65. The highest BCUT2D eigenvalue weighted by atomic mass is 16.6. The number of nitrogen functional groups attached to an aromatic ring is 1. The fraction of sp³-hybridized carbons (Fsp3) is 0.444. The van der Waals surface area contributed by atoms with E-state index < -0.39 is 5.97 Å². The average Bonchev–Trinajstić information content (AvgIpc) is 2.66. The number of hydrogen-bond acceptors (Lipinski definition) is 7. The summed E-state index contributed by atoms with van der Waals surface area (Å²) in [5.41, 5.74) is 5.41. The Bertz CT molecular complexity index is 386. The summed E-state index contributed by atoms with van der Waals surface area (Å²) in [4.78, 5) is 20.1. The number of nitrogens with zero attached hydrogens (tertiary/aromatic N) is 2. The number of anilines is 1. The van der Waals surface area contributed by atoms with Gasteiger partial charge in [0.25, 0.3) is 6.01 Å². The Hall–Kier alpha value is -2.05. The van der Waals surface area contributed by atoms with Crippen LogP contribution in [-0.4, -0.2) is 29.9 Å². The van der Waals surface area contributed by atoms with Gasteiger partial charge in [-0.25, -0.2) is 4.79 Å². The Kier molecular flexibility index (Phi) is 4.31. The van der Waals surface area contributed by atoms with Gasteiger partial charge in [-0.2, -0.15) is 4.98 Å². The summed E-state index contributed by atoms with van der Waals surface area (Å²) in [5.74, 6) is -0.635. The van der Waals surface area contributed by atoms with Gasteiger partial charge in [-0.05, 0) is 13.8 Å². The number of ether oxygens (including phenoxy) is 1. The molecule has 0 fully saturated rings. The van der Waals surface area contributed by atoms with Crippen molar-refractivity contribution in [2.75, 3.05) is 18.9 Å². The van der Waals surface area contributed by atoms with Crippen molar-refractivity contribution >= 4 is 17.7 Å². The third kappa shape index (κ3) is 2.97. The van der Waals surface area contributed by atoms with Crippen LogP contribution in [0.15, 0.2) is 15.8 Å². The molecule has 1 aromatic heterocycles. The van der Waals surface area contributed by atoms with E-state index in [4.69, 9.17) is 19.7 Å². The van der Waals surface area contributed by atoms with E-state index in [9.17, 15) is 4.79 Å². The van der Waals surface area contributed by atoms with Crippen LogP contribution in [0.1, 0.15) is 19.5 Å². The van der Waals surface area contributed by atoms with Gasteiger partial charge in [0.1, 0.15) is 18.6 Å². The number of rotatable bonds is 5. The van der Waals surface area contributed by atoms with Gasteiger partial charge in [0.15, 0.2) is 0 Å². The molecule has 0 aliphatic rings. The molecule has 1 rings (SSSR count). The fourth-order valence-electron chi connectivity index (χ4n) is 0.914. The van der Waals surface area contributed by atoms with Gasteiger partial charge in [0.2, 0.25) is 5.71 Å². The van der Waals surface area contributed by atoms with Crippen molar-refractivity contribution < 1.29 is 18.8 Å². The molecule has 0 bridgehead atoms. The number of aromatic nitrogens is 1. The fourth-order valence-corrected chi connectivity index (χ4v) is 0.914. The molecule has 1 heterocycles. The molecule has 0 saturated heterocycles. The molecule has 2 N–H and O–H groups in total. The number of oxazole rings is 1. The monoisotopic (exact) mass is 227 g/mol. The van der Waals surface area contributed by atoms with Gasteiger partial charge in [0, 0.05) is 0 Å². The molecule has 0 aromatic carbocycles. The third-order valence-electron chi connectivity index (χ3n) is 1.52. The quantitative estimate of drug-likeness (QED) is 0.448. The van der Waals surface area contributed by atoms with Gasteiger partial charge in [-0.15, -0.1) is 0 Å². The normalized spacial score (nSPS) is 11.2. The maximum absolute atomic E-state index is 11.5. The standard InChI is InChI=1S/C9H13N3O4/c1-3-14-8(13)7(12-16-4-2)6-5-15-9(10)11-6/h5H,3-4H2,1-2H3,(H2,10,11). The lowest BCUT2D eigenvalue weighted by Crippen LogP contribution is -2.19. The predicted octanol–water partition coefficient (Wildman–Crippen LogP) is 0.561. The average molecular weight is 227 g/mol. The molecule has 0 saturated carbocycles. The SMILES string of the molecule is CCON=C(C(=O)OCC)c1coc(N)n1. The Balaban J connectivity index is 2.91. The molecule has 0 aliphatic carbocycles. The molecule has 7 nitrogen and oxygen atoms in total. The summed E-state index contributed by atoms with van der Waals surface area (Å²) in [7, 11) is 0. The van der Waals surface area contributed by atoms with Crippen LogP contribution in [0.3, 0.4) is 0 Å². The second-order valence-corrected chi connectivity index (χ2v) is 2.65. The summed E-state index contributed by atoms with van der Waals surface area (Å²) < 4.78 is 9.57. The Morgan fingerprint density at radius 1 is 1.56 bits per heavy atom. The minimum Gasteiger partial charge on any atom is -0.461 e. The molecule has 0 radical (unpaired) electrons. The first-order valence-electron chi connectivity index (χ1n) is 4.77. The number of oxime groups is 1. The van der Waals surface area contributed by atoms with Crippen LogP contribution in [0, 0.1) is 0 Å². The summed E-state index contributed by atoms with van der Waals surface area (Å²) >= 11 is 0. The molecule has 88 valence electrons. The maximum atomic E-state index is 11.5. The highest BCUT2D eigenvalue weighted by molar-refractivity contribution is 6.42. The lowest BCUT2D eigenvalue weighted by Gasteiger charge is -2.02. The Morgan fingerprint density at radius 2 is 2.31 bits per heavy atom. The zero-order valence-corrected chi connectivity index (χ0v) is 9.10. The van der Waals surface area contributed by atoms with Gasteiger partial charge in [-0.3, -0.25) is 0 Å². The first kappa shape index (κ1) is 12.0. The largest absolute Gasteiger partial charge is 0.461 e. The number of carbonyl (C=O) groups excluding carboxylic acids is 1. The third-order valence-corrected chi connectivity index (χ3v) is 1.52. The van der Waals surface area contributed by atoms with Crippen LogP contribution in [0.4, 0.5) is 6.01 Å². The second kappa shape index (κ2) is 5.74. The topological polar surface area (TPSA) is 99.9 Å². The molecule has 1 aromatic rings. The zero-order chi connectivity index (χ0) is 12.0. The Morgan fingerprint density at radius 3 is 2.81 bits per heavy atom.